The molecule has 0 atom stereocenters. The minimum Gasteiger partial charge on any atom is -0.383 e. The van der Waals surface area contributed by atoms with Gasteiger partial charge in [-0.1, -0.05) is 25.7 Å². The molecule has 0 radical (unpaired) electrons. The predicted molar refractivity (Wildman–Crippen MR) is 64.2 cm³/mol. The Morgan fingerprint density at radius 2 is 1.73 bits per heavy atom. The summed E-state index contributed by atoms with van der Waals surface area (Å²) in [5, 5.41) is 6.99. The first kappa shape index (κ1) is 12.9. The van der Waals surface area contributed by atoms with E-state index in [1.54, 1.807) is 7.11 Å². The second-order valence-electron chi connectivity index (χ2n) is 4.39. The molecule has 2 N–H and O–H groups in total. The fourth-order valence-corrected chi connectivity index (χ4v) is 2.15. The van der Waals surface area contributed by atoms with Crippen LogP contribution in [-0.2, 0) is 4.74 Å². The van der Waals surface area contributed by atoms with Crippen LogP contribution in [0.15, 0.2) is 0 Å². The van der Waals surface area contributed by atoms with Crippen molar-refractivity contribution in [3.8, 4) is 0 Å². The lowest BCUT2D eigenvalue weighted by molar-refractivity contribution is 0.199. The van der Waals surface area contributed by atoms with Gasteiger partial charge in [-0.15, -0.1) is 0 Å². The molecule has 0 amide bonds. The molecular weight excluding hydrogens is 188 g/mol. The van der Waals surface area contributed by atoms with Gasteiger partial charge in [0.05, 0.1) is 6.61 Å². The second kappa shape index (κ2) is 9.13. The van der Waals surface area contributed by atoms with Crippen LogP contribution in [0.3, 0.4) is 0 Å². The first-order chi connectivity index (χ1) is 7.43. The molecule has 0 aliphatic heterocycles. The summed E-state index contributed by atoms with van der Waals surface area (Å²) < 4.78 is 4.97. The Kier molecular flexibility index (Phi) is 7.88. The molecule has 0 aromatic rings. The van der Waals surface area contributed by atoms with E-state index in [1.807, 2.05) is 0 Å². The van der Waals surface area contributed by atoms with Crippen molar-refractivity contribution in [2.75, 3.05) is 33.4 Å². The van der Waals surface area contributed by atoms with Gasteiger partial charge in [-0.25, -0.2) is 0 Å². The van der Waals surface area contributed by atoms with Crippen molar-refractivity contribution in [2.24, 2.45) is 0 Å². The Morgan fingerprint density at radius 1 is 1.00 bits per heavy atom. The maximum absolute atomic E-state index is 4.97. The molecule has 1 saturated carbocycles. The third-order valence-electron chi connectivity index (χ3n) is 3.07. The van der Waals surface area contributed by atoms with Crippen molar-refractivity contribution < 1.29 is 4.74 Å². The van der Waals surface area contributed by atoms with E-state index in [0.717, 1.165) is 32.3 Å². The molecule has 1 rings (SSSR count). The first-order valence-electron chi connectivity index (χ1n) is 6.36. The quantitative estimate of drug-likeness (QED) is 0.498. The number of nitrogens with one attached hydrogen (secondary N) is 2. The summed E-state index contributed by atoms with van der Waals surface area (Å²) in [7, 11) is 1.74. The summed E-state index contributed by atoms with van der Waals surface area (Å²) in [6.07, 6.45) is 8.44. The molecule has 0 aromatic heterocycles. The van der Waals surface area contributed by atoms with Crippen LogP contribution >= 0.6 is 0 Å². The van der Waals surface area contributed by atoms with Gasteiger partial charge in [-0.3, -0.25) is 0 Å². The molecule has 0 aromatic carbocycles. The van der Waals surface area contributed by atoms with Crippen LogP contribution in [0.25, 0.3) is 0 Å². The molecule has 1 fully saturated rings. The summed E-state index contributed by atoms with van der Waals surface area (Å²) in [5.74, 6) is 0. The number of rotatable bonds is 7. The summed E-state index contributed by atoms with van der Waals surface area (Å²) in [4.78, 5) is 0. The van der Waals surface area contributed by atoms with Crippen molar-refractivity contribution in [3.63, 3.8) is 0 Å². The highest BCUT2D eigenvalue weighted by Crippen LogP contribution is 2.16. The average molecular weight is 214 g/mol. The summed E-state index contributed by atoms with van der Waals surface area (Å²) in [5.41, 5.74) is 0. The fraction of sp³-hybridized carbons (Fsp3) is 1.00. The standard InChI is InChI=1S/C12H26N2O/c1-15-11-10-13-8-9-14-12-6-4-2-3-5-7-12/h12-14H,2-11H2,1H3. The van der Waals surface area contributed by atoms with Gasteiger partial charge in [0, 0.05) is 32.8 Å². The van der Waals surface area contributed by atoms with Crippen molar-refractivity contribution in [2.45, 2.75) is 44.6 Å². The molecule has 3 nitrogen and oxygen atoms in total. The van der Waals surface area contributed by atoms with Gasteiger partial charge >= 0.3 is 0 Å². The number of hydrogen-bond donors (Lipinski definition) is 2. The molecular formula is C12H26N2O. The lowest BCUT2D eigenvalue weighted by Gasteiger charge is -2.16. The minimum absolute atomic E-state index is 0.775. The SMILES string of the molecule is COCCNCCNC1CCCCCC1. The van der Waals surface area contributed by atoms with E-state index < -0.39 is 0 Å². The second-order valence-corrected chi connectivity index (χ2v) is 4.39. The maximum atomic E-state index is 4.97. The van der Waals surface area contributed by atoms with Crippen LogP contribution in [-0.4, -0.2) is 39.4 Å². The van der Waals surface area contributed by atoms with E-state index in [2.05, 4.69) is 10.6 Å². The molecule has 15 heavy (non-hydrogen) atoms. The zero-order chi connectivity index (χ0) is 10.8. The third kappa shape index (κ3) is 6.88. The van der Waals surface area contributed by atoms with Gasteiger partial charge in [0.25, 0.3) is 0 Å². The average Bonchev–Trinajstić information content (AvgIpc) is 2.52. The van der Waals surface area contributed by atoms with Gasteiger partial charge < -0.3 is 15.4 Å². The van der Waals surface area contributed by atoms with E-state index in [9.17, 15) is 0 Å². The number of ether oxygens (including phenoxy) is 1. The van der Waals surface area contributed by atoms with Crippen LogP contribution in [0, 0.1) is 0 Å². The smallest absolute Gasteiger partial charge is 0.0587 e. The van der Waals surface area contributed by atoms with Gasteiger partial charge in [0.2, 0.25) is 0 Å². The van der Waals surface area contributed by atoms with Crippen LogP contribution in [0.5, 0.6) is 0 Å². The van der Waals surface area contributed by atoms with Crippen LogP contribution in [0.2, 0.25) is 0 Å². The molecule has 0 saturated heterocycles. The van der Waals surface area contributed by atoms with Crippen molar-refractivity contribution in [3.05, 3.63) is 0 Å². The molecule has 0 unspecified atom stereocenters. The molecule has 0 spiro atoms. The van der Waals surface area contributed by atoms with E-state index in [4.69, 9.17) is 4.74 Å². The van der Waals surface area contributed by atoms with E-state index in [-0.39, 0.29) is 0 Å². The predicted octanol–water partition coefficient (Wildman–Crippen LogP) is 1.53. The fourth-order valence-electron chi connectivity index (χ4n) is 2.15. The van der Waals surface area contributed by atoms with E-state index in [0.29, 0.717) is 0 Å². The molecule has 0 heterocycles. The number of methoxy groups -OCH3 is 1. The molecule has 0 bridgehead atoms. The Balaban J connectivity index is 1.89. The molecule has 3 heteroatoms. The summed E-state index contributed by atoms with van der Waals surface area (Å²) in [6.45, 7) is 3.92. The zero-order valence-corrected chi connectivity index (χ0v) is 10.1. The monoisotopic (exact) mass is 214 g/mol. The highest BCUT2D eigenvalue weighted by Gasteiger charge is 2.10. The Bertz CT molecular complexity index is 134. The maximum Gasteiger partial charge on any atom is 0.0587 e. The molecule has 90 valence electrons. The minimum atomic E-state index is 0.775. The van der Waals surface area contributed by atoms with Gasteiger partial charge in [-0.2, -0.15) is 0 Å². The lowest BCUT2D eigenvalue weighted by Crippen LogP contribution is -2.35. The molecule has 1 aliphatic rings. The summed E-state index contributed by atoms with van der Waals surface area (Å²) >= 11 is 0. The Hall–Kier alpha value is -0.120. The Morgan fingerprint density at radius 3 is 2.40 bits per heavy atom. The van der Waals surface area contributed by atoms with Crippen LogP contribution < -0.4 is 10.6 Å². The highest BCUT2D eigenvalue weighted by molar-refractivity contribution is 4.70. The van der Waals surface area contributed by atoms with Gasteiger partial charge in [0.15, 0.2) is 0 Å². The van der Waals surface area contributed by atoms with Crippen molar-refractivity contribution in [1.29, 1.82) is 0 Å². The summed E-state index contributed by atoms with van der Waals surface area (Å²) in [6, 6.07) is 0.775. The highest BCUT2D eigenvalue weighted by atomic mass is 16.5. The van der Waals surface area contributed by atoms with Crippen LogP contribution in [0.1, 0.15) is 38.5 Å². The molecule has 1 aliphatic carbocycles. The van der Waals surface area contributed by atoms with Crippen molar-refractivity contribution in [1.82, 2.24) is 10.6 Å². The van der Waals surface area contributed by atoms with Crippen molar-refractivity contribution >= 4 is 0 Å². The number of hydrogen-bond acceptors (Lipinski definition) is 3. The largest absolute Gasteiger partial charge is 0.383 e. The third-order valence-corrected chi connectivity index (χ3v) is 3.07. The van der Waals surface area contributed by atoms with E-state index >= 15 is 0 Å². The van der Waals surface area contributed by atoms with Gasteiger partial charge in [-0.05, 0) is 12.8 Å². The normalized spacial score (nSPS) is 19.0. The Labute approximate surface area is 94.0 Å². The topological polar surface area (TPSA) is 33.3 Å². The van der Waals surface area contributed by atoms with Gasteiger partial charge in [0.1, 0.15) is 0 Å². The zero-order valence-electron chi connectivity index (χ0n) is 10.1. The lowest BCUT2D eigenvalue weighted by atomic mass is 10.1. The first-order valence-corrected chi connectivity index (χ1v) is 6.36. The van der Waals surface area contributed by atoms with Crippen LogP contribution in [0.4, 0.5) is 0 Å². The van der Waals surface area contributed by atoms with E-state index in [1.165, 1.54) is 38.5 Å².